The second kappa shape index (κ2) is 8.39. The first kappa shape index (κ1) is 20.1. The molecule has 5 rings (SSSR count). The number of benzene rings is 2. The normalized spacial score (nSPS) is 11.2. The molecule has 5 aromatic rings. The van der Waals surface area contributed by atoms with Crippen LogP contribution in [-0.4, -0.2) is 38.0 Å². The summed E-state index contributed by atoms with van der Waals surface area (Å²) >= 11 is 1.43. The van der Waals surface area contributed by atoms with E-state index in [-0.39, 0.29) is 5.91 Å². The van der Waals surface area contributed by atoms with Gasteiger partial charge in [-0.05, 0) is 52.6 Å². The van der Waals surface area contributed by atoms with E-state index in [4.69, 9.17) is 4.74 Å². The van der Waals surface area contributed by atoms with E-state index in [9.17, 15) is 4.79 Å². The first-order chi connectivity index (χ1) is 15.6. The molecule has 3 heterocycles. The van der Waals surface area contributed by atoms with Gasteiger partial charge in [-0.2, -0.15) is 4.52 Å². The second-order valence-electron chi connectivity index (χ2n) is 7.60. The molecule has 0 saturated carbocycles. The Bertz CT molecular complexity index is 1410. The molecule has 0 atom stereocenters. The molecule has 0 aliphatic rings. The van der Waals surface area contributed by atoms with Gasteiger partial charge in [0.15, 0.2) is 5.65 Å². The summed E-state index contributed by atoms with van der Waals surface area (Å²) in [6, 6.07) is 19.7. The van der Waals surface area contributed by atoms with Crippen LogP contribution in [0.3, 0.4) is 0 Å². The summed E-state index contributed by atoms with van der Waals surface area (Å²) < 4.78 is 7.27. The highest BCUT2D eigenvalue weighted by molar-refractivity contribution is 7.12. The van der Waals surface area contributed by atoms with Gasteiger partial charge >= 0.3 is 0 Å². The monoisotopic (exact) mass is 443 g/mol. The molecule has 0 bridgehead atoms. The van der Waals surface area contributed by atoms with Crippen LogP contribution in [-0.2, 0) is 13.1 Å². The van der Waals surface area contributed by atoms with Crippen molar-refractivity contribution in [1.29, 1.82) is 0 Å². The summed E-state index contributed by atoms with van der Waals surface area (Å²) in [4.78, 5) is 15.9. The van der Waals surface area contributed by atoms with Gasteiger partial charge in [0.2, 0.25) is 0 Å². The summed E-state index contributed by atoms with van der Waals surface area (Å²) in [5.74, 6) is 0.709. The number of rotatable bonds is 6. The molecule has 160 valence electrons. The quantitative estimate of drug-likeness (QED) is 0.386. The molecular weight excluding hydrogens is 422 g/mol. The van der Waals surface area contributed by atoms with E-state index in [2.05, 4.69) is 39.8 Å². The Morgan fingerprint density at radius 1 is 1.06 bits per heavy atom. The van der Waals surface area contributed by atoms with E-state index in [0.29, 0.717) is 23.6 Å². The highest BCUT2D eigenvalue weighted by Crippen LogP contribution is 2.26. The van der Waals surface area contributed by atoms with Crippen LogP contribution in [0.1, 0.15) is 26.4 Å². The van der Waals surface area contributed by atoms with E-state index in [0.717, 1.165) is 33.3 Å². The van der Waals surface area contributed by atoms with Gasteiger partial charge in [0, 0.05) is 16.5 Å². The molecule has 0 aliphatic carbocycles. The average molecular weight is 444 g/mol. The number of aryl methyl sites for hydroxylation is 1. The van der Waals surface area contributed by atoms with Crippen LogP contribution in [0.5, 0.6) is 5.75 Å². The van der Waals surface area contributed by atoms with Crippen molar-refractivity contribution in [2.45, 2.75) is 20.0 Å². The summed E-state index contributed by atoms with van der Waals surface area (Å²) in [6.07, 6.45) is 0. The van der Waals surface area contributed by atoms with Crippen molar-refractivity contribution >= 4 is 33.8 Å². The number of tetrazole rings is 1. The number of amides is 1. The lowest BCUT2D eigenvalue weighted by Gasteiger charge is -2.24. The Kier molecular flexibility index (Phi) is 5.28. The Labute approximate surface area is 188 Å². The minimum Gasteiger partial charge on any atom is -0.496 e. The minimum absolute atomic E-state index is 0.0412. The van der Waals surface area contributed by atoms with Crippen molar-refractivity contribution in [3.05, 3.63) is 87.6 Å². The van der Waals surface area contributed by atoms with Crippen molar-refractivity contribution < 1.29 is 9.53 Å². The number of methoxy groups -OCH3 is 1. The van der Waals surface area contributed by atoms with Gasteiger partial charge in [0.25, 0.3) is 5.91 Å². The SMILES string of the molecule is COc1ccccc1CN(Cc1cc2ccc(C)cc2n2nnnc12)C(=O)c1cccs1. The van der Waals surface area contributed by atoms with Gasteiger partial charge in [-0.1, -0.05) is 36.4 Å². The van der Waals surface area contributed by atoms with Crippen LogP contribution < -0.4 is 4.74 Å². The molecule has 0 fully saturated rings. The Hall–Kier alpha value is -3.78. The molecule has 0 N–H and O–H groups in total. The van der Waals surface area contributed by atoms with E-state index >= 15 is 0 Å². The maximum atomic E-state index is 13.4. The van der Waals surface area contributed by atoms with Crippen LogP contribution in [0.25, 0.3) is 16.6 Å². The molecular formula is C24H21N5O2S. The summed E-state index contributed by atoms with van der Waals surface area (Å²) in [5.41, 5.74) is 4.53. The van der Waals surface area contributed by atoms with E-state index in [1.165, 1.54) is 11.3 Å². The van der Waals surface area contributed by atoms with Gasteiger partial charge < -0.3 is 9.64 Å². The zero-order valence-corrected chi connectivity index (χ0v) is 18.5. The lowest BCUT2D eigenvalue weighted by molar-refractivity contribution is 0.0734. The van der Waals surface area contributed by atoms with Crippen molar-refractivity contribution in [2.75, 3.05) is 7.11 Å². The highest BCUT2D eigenvalue weighted by Gasteiger charge is 2.21. The van der Waals surface area contributed by atoms with Crippen LogP contribution in [0.4, 0.5) is 0 Å². The van der Waals surface area contributed by atoms with E-state index < -0.39 is 0 Å². The van der Waals surface area contributed by atoms with Crippen molar-refractivity contribution in [3.63, 3.8) is 0 Å². The van der Waals surface area contributed by atoms with Gasteiger partial charge in [-0.3, -0.25) is 4.79 Å². The number of carbonyl (C=O) groups excluding carboxylic acids is 1. The first-order valence-corrected chi connectivity index (χ1v) is 11.1. The number of para-hydroxylation sites is 1. The second-order valence-corrected chi connectivity index (χ2v) is 8.54. The van der Waals surface area contributed by atoms with Gasteiger partial charge in [0.05, 0.1) is 30.6 Å². The molecule has 1 amide bonds. The Morgan fingerprint density at radius 3 is 2.72 bits per heavy atom. The molecule has 32 heavy (non-hydrogen) atoms. The lowest BCUT2D eigenvalue weighted by atomic mass is 10.1. The third-order valence-electron chi connectivity index (χ3n) is 5.43. The number of aromatic nitrogens is 4. The number of thiophene rings is 1. The number of carbonyl (C=O) groups is 1. The zero-order chi connectivity index (χ0) is 22.1. The molecule has 0 saturated heterocycles. The minimum atomic E-state index is -0.0412. The fourth-order valence-electron chi connectivity index (χ4n) is 3.88. The summed E-state index contributed by atoms with van der Waals surface area (Å²) in [5, 5.41) is 15.3. The molecule has 2 aromatic carbocycles. The lowest BCUT2D eigenvalue weighted by Crippen LogP contribution is -2.30. The predicted molar refractivity (Wildman–Crippen MR) is 124 cm³/mol. The zero-order valence-electron chi connectivity index (χ0n) is 17.7. The Morgan fingerprint density at radius 2 is 1.91 bits per heavy atom. The number of nitrogens with zero attached hydrogens (tertiary/aromatic N) is 5. The standard InChI is InChI=1S/C24H21N5O2S/c1-16-9-10-17-13-19(23-25-26-27-29(23)20(17)12-16)15-28(24(30)22-8-5-11-32-22)14-18-6-3-4-7-21(18)31-2/h3-13H,14-15H2,1-2H3. The maximum Gasteiger partial charge on any atom is 0.264 e. The maximum absolute atomic E-state index is 13.4. The molecule has 0 unspecified atom stereocenters. The molecule has 8 heteroatoms. The van der Waals surface area contributed by atoms with Crippen LogP contribution in [0.2, 0.25) is 0 Å². The fourth-order valence-corrected chi connectivity index (χ4v) is 4.57. The topological polar surface area (TPSA) is 72.6 Å². The van der Waals surface area contributed by atoms with Gasteiger partial charge in [-0.25, -0.2) is 0 Å². The number of fused-ring (bicyclic) bond motifs is 3. The van der Waals surface area contributed by atoms with Gasteiger partial charge in [0.1, 0.15) is 5.75 Å². The largest absolute Gasteiger partial charge is 0.496 e. The van der Waals surface area contributed by atoms with Crippen molar-refractivity contribution in [2.24, 2.45) is 0 Å². The van der Waals surface area contributed by atoms with E-state index in [1.54, 1.807) is 11.6 Å². The fraction of sp³-hybridized carbons (Fsp3) is 0.167. The molecule has 0 radical (unpaired) electrons. The third kappa shape index (κ3) is 3.69. The number of hydrogen-bond acceptors (Lipinski definition) is 6. The third-order valence-corrected chi connectivity index (χ3v) is 6.29. The molecule has 7 nitrogen and oxygen atoms in total. The summed E-state index contributed by atoms with van der Waals surface area (Å²) in [7, 11) is 1.64. The molecule has 0 spiro atoms. The van der Waals surface area contributed by atoms with Gasteiger partial charge in [-0.15, -0.1) is 16.4 Å². The smallest absolute Gasteiger partial charge is 0.264 e. The predicted octanol–water partition coefficient (Wildman–Crippen LogP) is 4.50. The van der Waals surface area contributed by atoms with Crippen molar-refractivity contribution in [3.8, 4) is 5.75 Å². The first-order valence-electron chi connectivity index (χ1n) is 10.2. The van der Waals surface area contributed by atoms with Crippen LogP contribution >= 0.6 is 11.3 Å². The molecule has 3 aromatic heterocycles. The average Bonchev–Trinajstić information content (AvgIpc) is 3.51. The van der Waals surface area contributed by atoms with E-state index in [1.807, 2.05) is 53.6 Å². The Balaban J connectivity index is 1.59. The highest BCUT2D eigenvalue weighted by atomic mass is 32.1. The number of hydrogen-bond donors (Lipinski definition) is 0. The van der Waals surface area contributed by atoms with Crippen LogP contribution in [0.15, 0.2) is 66.0 Å². The number of pyridine rings is 1. The summed E-state index contributed by atoms with van der Waals surface area (Å²) in [6.45, 7) is 2.81. The number of ether oxygens (including phenoxy) is 1. The molecule has 0 aliphatic heterocycles. The van der Waals surface area contributed by atoms with Crippen molar-refractivity contribution in [1.82, 2.24) is 24.9 Å². The van der Waals surface area contributed by atoms with Crippen LogP contribution in [0, 0.1) is 6.92 Å².